The van der Waals surface area contributed by atoms with Crippen molar-refractivity contribution in [3.8, 4) is 22.6 Å². The molecule has 2 aromatic carbocycles. The summed E-state index contributed by atoms with van der Waals surface area (Å²) in [6, 6.07) is 12.0. The number of carbonyl (C=O) groups is 1. The molecule has 0 spiro atoms. The van der Waals surface area contributed by atoms with Gasteiger partial charge in [-0.1, -0.05) is 32.4 Å². The first-order chi connectivity index (χ1) is 16.1. The summed E-state index contributed by atoms with van der Waals surface area (Å²) in [4.78, 5) is 28.7. The Bertz CT molecular complexity index is 1350. The van der Waals surface area contributed by atoms with Crippen LogP contribution in [0.5, 0.6) is 0 Å². The Morgan fingerprint density at radius 3 is 2.41 bits per heavy atom. The van der Waals surface area contributed by atoms with Crippen LogP contribution in [-0.4, -0.2) is 26.0 Å². The number of aromatic nitrogens is 4. The minimum absolute atomic E-state index is 0.107. The lowest BCUT2D eigenvalue weighted by atomic mass is 9.96. The number of rotatable bonds is 4. The molecule has 0 saturated carbocycles. The summed E-state index contributed by atoms with van der Waals surface area (Å²) in [5, 5.41) is 5.89. The average Bonchev–Trinajstić information content (AvgIpc) is 3.21. The molecule has 0 bridgehead atoms. The summed E-state index contributed by atoms with van der Waals surface area (Å²) in [5.41, 5.74) is 8.29. The zero-order chi connectivity index (χ0) is 24.5. The van der Waals surface area contributed by atoms with Crippen LogP contribution in [-0.2, 0) is 5.41 Å². The number of carbonyl (C=O) groups excluding carboxylic acids is 1. The smallest absolute Gasteiger partial charge is 0.323 e. The molecule has 0 radical (unpaired) electrons. The molecule has 2 heterocycles. The highest BCUT2D eigenvalue weighted by Gasteiger charge is 2.24. The van der Waals surface area contributed by atoms with E-state index >= 15 is 0 Å². The number of nitrogen functional groups attached to an aromatic ring is 1. The zero-order valence-electron chi connectivity index (χ0n) is 18.8. The van der Waals surface area contributed by atoms with Gasteiger partial charge in [-0.3, -0.25) is 0 Å². The summed E-state index contributed by atoms with van der Waals surface area (Å²) in [6.07, 6.45) is 1.54. The lowest BCUT2D eigenvalue weighted by Crippen LogP contribution is -2.19. The van der Waals surface area contributed by atoms with Gasteiger partial charge in [0, 0.05) is 33.6 Å². The molecular weight excluding hydrogens is 457 g/mol. The van der Waals surface area contributed by atoms with Gasteiger partial charge < -0.3 is 21.4 Å². The monoisotopic (exact) mass is 479 g/mol. The molecule has 0 aliphatic heterocycles. The van der Waals surface area contributed by atoms with Crippen LogP contribution < -0.4 is 16.4 Å². The van der Waals surface area contributed by atoms with Crippen LogP contribution in [0.1, 0.15) is 26.6 Å². The van der Waals surface area contributed by atoms with Gasteiger partial charge in [-0.25, -0.2) is 24.1 Å². The second-order valence-electron chi connectivity index (χ2n) is 8.67. The van der Waals surface area contributed by atoms with Gasteiger partial charge in [-0.15, -0.1) is 0 Å². The maximum Gasteiger partial charge on any atom is 0.323 e. The number of nitrogens with zero attached hydrogens (tertiary/aromatic N) is 3. The number of nitrogens with two attached hydrogens (primary N) is 1. The topological polar surface area (TPSA) is 122 Å². The maximum absolute atomic E-state index is 14.6. The van der Waals surface area contributed by atoms with Gasteiger partial charge in [0.2, 0.25) is 5.95 Å². The molecule has 174 valence electrons. The zero-order valence-corrected chi connectivity index (χ0v) is 19.5. The Morgan fingerprint density at radius 1 is 1.03 bits per heavy atom. The first kappa shape index (κ1) is 23.2. The van der Waals surface area contributed by atoms with E-state index in [4.69, 9.17) is 22.3 Å². The molecule has 0 saturated heterocycles. The van der Waals surface area contributed by atoms with Gasteiger partial charge in [0.25, 0.3) is 0 Å². The fourth-order valence-corrected chi connectivity index (χ4v) is 3.39. The molecule has 10 heteroatoms. The molecule has 0 aliphatic rings. The molecular formula is C24H23ClFN7O. The summed E-state index contributed by atoms with van der Waals surface area (Å²) in [6.45, 7) is 6.02. The van der Waals surface area contributed by atoms with Crippen LogP contribution >= 0.6 is 11.6 Å². The Balaban J connectivity index is 1.70. The summed E-state index contributed by atoms with van der Waals surface area (Å²) >= 11 is 5.87. The second-order valence-corrected chi connectivity index (χ2v) is 9.11. The number of anilines is 3. The van der Waals surface area contributed by atoms with E-state index in [-0.39, 0.29) is 17.1 Å². The number of aromatic amines is 1. The highest BCUT2D eigenvalue weighted by atomic mass is 35.5. The van der Waals surface area contributed by atoms with Crippen LogP contribution in [0, 0.1) is 5.82 Å². The molecule has 2 amide bonds. The third-order valence-corrected chi connectivity index (χ3v) is 5.13. The largest absolute Gasteiger partial charge is 0.368 e. The number of nitrogens with one attached hydrogen (secondary N) is 3. The van der Waals surface area contributed by atoms with Crippen molar-refractivity contribution in [2.45, 2.75) is 26.2 Å². The molecule has 34 heavy (non-hydrogen) atoms. The first-order valence-electron chi connectivity index (χ1n) is 10.4. The molecule has 0 atom stereocenters. The van der Waals surface area contributed by atoms with Crippen LogP contribution in [0.2, 0.25) is 5.02 Å². The normalized spacial score (nSPS) is 11.3. The molecule has 8 nitrogen and oxygen atoms in total. The SMILES string of the molecule is CC(C)(C)c1nc(-c2cc(F)cc(NC(=O)Nc3ccc(Cl)cc3)c2)c(-c2ccnc(N)n2)[nH]1. The standard InChI is InChI=1S/C24H23ClFN7O/c1-24(2,3)21-32-19(20(33-21)18-8-9-28-22(27)31-18)13-10-15(26)12-17(11-13)30-23(34)29-16-6-4-14(25)5-7-16/h4-12H,1-3H3,(H,32,33)(H2,27,28,31)(H2,29,30,34). The van der Waals surface area contributed by atoms with E-state index in [2.05, 4.69) is 25.6 Å². The van der Waals surface area contributed by atoms with E-state index < -0.39 is 11.8 Å². The van der Waals surface area contributed by atoms with Crippen LogP contribution in [0.3, 0.4) is 0 Å². The highest BCUT2D eigenvalue weighted by molar-refractivity contribution is 6.30. The van der Waals surface area contributed by atoms with Gasteiger partial charge in [0.15, 0.2) is 0 Å². The van der Waals surface area contributed by atoms with Gasteiger partial charge in [0.1, 0.15) is 11.6 Å². The van der Waals surface area contributed by atoms with E-state index in [1.54, 1.807) is 42.6 Å². The molecule has 0 unspecified atom stereocenters. The highest BCUT2D eigenvalue weighted by Crippen LogP contribution is 2.34. The van der Waals surface area contributed by atoms with Crippen molar-refractivity contribution in [3.63, 3.8) is 0 Å². The first-order valence-corrected chi connectivity index (χ1v) is 10.8. The van der Waals surface area contributed by atoms with Crippen LogP contribution in [0.25, 0.3) is 22.6 Å². The van der Waals surface area contributed by atoms with Gasteiger partial charge in [-0.2, -0.15) is 0 Å². The van der Waals surface area contributed by atoms with E-state index in [9.17, 15) is 9.18 Å². The Kier molecular flexibility index (Phi) is 6.21. The molecule has 0 fully saturated rings. The fraction of sp³-hybridized carbons (Fsp3) is 0.167. The molecule has 2 aromatic heterocycles. The van der Waals surface area contributed by atoms with Gasteiger partial charge >= 0.3 is 6.03 Å². The van der Waals surface area contributed by atoms with Gasteiger partial charge in [-0.05, 0) is 48.5 Å². The molecule has 4 aromatic rings. The van der Waals surface area contributed by atoms with E-state index in [1.165, 1.54) is 12.1 Å². The quantitative estimate of drug-likeness (QED) is 0.292. The molecule has 5 N–H and O–H groups in total. The second kappa shape index (κ2) is 9.11. The summed E-state index contributed by atoms with van der Waals surface area (Å²) in [5.74, 6) is 0.262. The Hall–Kier alpha value is -3.98. The summed E-state index contributed by atoms with van der Waals surface area (Å²) < 4.78 is 14.6. The number of imidazole rings is 1. The third kappa shape index (κ3) is 5.32. The van der Waals surface area contributed by atoms with Crippen molar-refractivity contribution in [3.05, 3.63) is 71.4 Å². The third-order valence-electron chi connectivity index (χ3n) is 4.88. The Labute approximate surface area is 200 Å². The van der Waals surface area contributed by atoms with E-state index in [0.717, 1.165) is 0 Å². The predicted octanol–water partition coefficient (Wildman–Crippen LogP) is 5.85. The molecule has 4 rings (SSSR count). The maximum atomic E-state index is 14.6. The van der Waals surface area contributed by atoms with E-state index in [0.29, 0.717) is 39.2 Å². The fourth-order valence-electron chi connectivity index (χ4n) is 3.26. The number of benzene rings is 2. The number of hydrogen-bond donors (Lipinski definition) is 4. The number of amides is 2. The van der Waals surface area contributed by atoms with Crippen molar-refractivity contribution < 1.29 is 9.18 Å². The van der Waals surface area contributed by atoms with Crippen LogP contribution in [0.4, 0.5) is 26.5 Å². The lowest BCUT2D eigenvalue weighted by Gasteiger charge is -2.14. The average molecular weight is 480 g/mol. The van der Waals surface area contributed by atoms with Crippen molar-refractivity contribution in [2.75, 3.05) is 16.4 Å². The number of H-pyrrole nitrogens is 1. The number of halogens is 2. The van der Waals surface area contributed by atoms with Crippen molar-refractivity contribution in [1.82, 2.24) is 19.9 Å². The number of urea groups is 1. The minimum Gasteiger partial charge on any atom is -0.368 e. The summed E-state index contributed by atoms with van der Waals surface area (Å²) in [7, 11) is 0. The van der Waals surface area contributed by atoms with E-state index in [1.807, 2.05) is 20.8 Å². The minimum atomic E-state index is -0.534. The number of hydrogen-bond acceptors (Lipinski definition) is 5. The van der Waals surface area contributed by atoms with Crippen molar-refractivity contribution >= 4 is 35.0 Å². The van der Waals surface area contributed by atoms with Crippen molar-refractivity contribution in [2.24, 2.45) is 0 Å². The van der Waals surface area contributed by atoms with Crippen LogP contribution in [0.15, 0.2) is 54.7 Å². The lowest BCUT2D eigenvalue weighted by molar-refractivity contribution is 0.262. The van der Waals surface area contributed by atoms with Gasteiger partial charge in [0.05, 0.1) is 17.1 Å². The van der Waals surface area contributed by atoms with Crippen molar-refractivity contribution in [1.29, 1.82) is 0 Å². The predicted molar refractivity (Wildman–Crippen MR) is 132 cm³/mol. The Morgan fingerprint density at radius 2 is 1.74 bits per heavy atom. The molecule has 0 aliphatic carbocycles.